The zero-order valence-electron chi connectivity index (χ0n) is 19.6. The highest BCUT2D eigenvalue weighted by Gasteiger charge is 2.76. The SMILES string of the molecule is C=CCN(Cn1nnc2ccccc21)C(=O)C1N(CCCCO)C(=O)[C@@H]2[C@H](C(=O)O)[C@H]3OC12CC3Br. The third kappa shape index (κ3) is 3.73. The summed E-state index contributed by atoms with van der Waals surface area (Å²) in [6.07, 6.45) is 2.18. The topological polar surface area (TPSA) is 138 Å². The van der Waals surface area contributed by atoms with Gasteiger partial charge in [-0.15, -0.1) is 11.7 Å². The number of rotatable bonds is 10. The number of carboxylic acid groups (broad SMARTS) is 1. The molecule has 1 aromatic heterocycles. The van der Waals surface area contributed by atoms with E-state index in [4.69, 9.17) is 4.74 Å². The Morgan fingerprint density at radius 2 is 2.11 bits per heavy atom. The molecule has 3 unspecified atom stereocenters. The molecular formula is C24H28BrN5O6. The van der Waals surface area contributed by atoms with Gasteiger partial charge in [0, 0.05) is 24.5 Å². The number of nitrogens with zero attached hydrogens (tertiary/aromatic N) is 5. The van der Waals surface area contributed by atoms with Crippen molar-refractivity contribution in [2.45, 2.75) is 48.5 Å². The van der Waals surface area contributed by atoms with Gasteiger partial charge in [-0.25, -0.2) is 4.68 Å². The third-order valence-corrected chi connectivity index (χ3v) is 8.35. The average Bonchev–Trinajstić information content (AvgIpc) is 3.56. The minimum Gasteiger partial charge on any atom is -0.481 e. The van der Waals surface area contributed by atoms with E-state index >= 15 is 0 Å². The maximum absolute atomic E-state index is 14.2. The van der Waals surface area contributed by atoms with Crippen molar-refractivity contribution < 1.29 is 29.3 Å². The zero-order chi connectivity index (χ0) is 25.6. The molecule has 0 radical (unpaired) electrons. The summed E-state index contributed by atoms with van der Waals surface area (Å²) >= 11 is 3.54. The fourth-order valence-electron chi connectivity index (χ4n) is 6.06. The van der Waals surface area contributed by atoms with Gasteiger partial charge in [-0.05, 0) is 31.4 Å². The van der Waals surface area contributed by atoms with Gasteiger partial charge in [0.2, 0.25) is 11.8 Å². The van der Waals surface area contributed by atoms with Crippen molar-refractivity contribution in [1.82, 2.24) is 24.8 Å². The van der Waals surface area contributed by atoms with E-state index in [1.165, 1.54) is 9.80 Å². The number of aliphatic hydroxyl groups is 1. The summed E-state index contributed by atoms with van der Waals surface area (Å²) in [4.78, 5) is 42.8. The number of unbranched alkanes of at least 4 members (excludes halogenated alkanes) is 1. The fourth-order valence-corrected chi connectivity index (χ4v) is 7.00. The lowest BCUT2D eigenvalue weighted by Crippen LogP contribution is -2.57. The number of halogens is 1. The monoisotopic (exact) mass is 561 g/mol. The zero-order valence-corrected chi connectivity index (χ0v) is 21.2. The first-order valence-electron chi connectivity index (χ1n) is 12.0. The van der Waals surface area contributed by atoms with Crippen LogP contribution in [0.25, 0.3) is 11.0 Å². The van der Waals surface area contributed by atoms with Crippen LogP contribution in [0.4, 0.5) is 0 Å². The molecule has 12 heteroatoms. The number of alkyl halides is 1. The highest BCUT2D eigenvalue weighted by molar-refractivity contribution is 9.09. The van der Waals surface area contributed by atoms with Crippen LogP contribution in [0.15, 0.2) is 36.9 Å². The van der Waals surface area contributed by atoms with Crippen LogP contribution >= 0.6 is 15.9 Å². The molecule has 1 aromatic carbocycles. The molecular weight excluding hydrogens is 534 g/mol. The third-order valence-electron chi connectivity index (χ3n) is 7.50. The lowest BCUT2D eigenvalue weighted by atomic mass is 9.70. The van der Waals surface area contributed by atoms with Crippen molar-refractivity contribution in [3.63, 3.8) is 0 Å². The number of hydrogen-bond donors (Lipinski definition) is 2. The molecule has 2 amide bonds. The summed E-state index contributed by atoms with van der Waals surface area (Å²) in [5.74, 6) is -3.84. The summed E-state index contributed by atoms with van der Waals surface area (Å²) in [6.45, 7) is 4.23. The van der Waals surface area contributed by atoms with Gasteiger partial charge in [0.1, 0.15) is 23.8 Å². The quantitative estimate of drug-likeness (QED) is 0.249. The van der Waals surface area contributed by atoms with Crippen molar-refractivity contribution >= 4 is 44.7 Å². The molecule has 4 heterocycles. The van der Waals surface area contributed by atoms with Gasteiger partial charge < -0.3 is 24.7 Å². The van der Waals surface area contributed by atoms with Crippen LogP contribution in [0.3, 0.4) is 0 Å². The Kier molecular flexibility index (Phi) is 6.60. The molecule has 5 rings (SSSR count). The van der Waals surface area contributed by atoms with E-state index in [0.717, 1.165) is 5.52 Å². The van der Waals surface area contributed by atoms with Gasteiger partial charge >= 0.3 is 5.97 Å². The Bertz CT molecular complexity index is 1200. The number of amides is 2. The maximum atomic E-state index is 14.2. The molecule has 3 aliphatic rings. The number of carbonyl (C=O) groups is 3. The van der Waals surface area contributed by atoms with E-state index in [0.29, 0.717) is 24.8 Å². The van der Waals surface area contributed by atoms with Crippen LogP contribution in [0.2, 0.25) is 0 Å². The van der Waals surface area contributed by atoms with Crippen LogP contribution in [0.1, 0.15) is 19.3 Å². The van der Waals surface area contributed by atoms with Crippen LogP contribution in [0.5, 0.6) is 0 Å². The normalized spacial score (nSPS) is 30.7. The number of fused-ring (bicyclic) bond motifs is 2. The first-order chi connectivity index (χ1) is 17.3. The summed E-state index contributed by atoms with van der Waals surface area (Å²) in [5.41, 5.74) is 0.189. The van der Waals surface area contributed by atoms with Crippen molar-refractivity contribution in [2.24, 2.45) is 11.8 Å². The number of aliphatic hydroxyl groups excluding tert-OH is 1. The van der Waals surface area contributed by atoms with Crippen LogP contribution in [0, 0.1) is 11.8 Å². The van der Waals surface area contributed by atoms with E-state index in [1.54, 1.807) is 10.8 Å². The lowest BCUT2D eigenvalue weighted by molar-refractivity contribution is -0.151. The Hall–Kier alpha value is -2.83. The van der Waals surface area contributed by atoms with Gasteiger partial charge in [0.25, 0.3) is 0 Å². The van der Waals surface area contributed by atoms with E-state index in [9.17, 15) is 24.6 Å². The summed E-state index contributed by atoms with van der Waals surface area (Å²) in [6, 6.07) is 6.39. The molecule has 1 spiro atoms. The first kappa shape index (κ1) is 24.8. The summed E-state index contributed by atoms with van der Waals surface area (Å²) in [7, 11) is 0. The highest BCUT2D eigenvalue weighted by atomic mass is 79.9. The first-order valence-corrected chi connectivity index (χ1v) is 12.9. The standard InChI is InChI=1S/C24H28BrN5O6/c1-2-9-28(13-30-16-8-4-3-7-15(16)26-27-30)22(33)20-24-12-14(25)19(36-24)17(23(34)35)18(24)21(32)29(20)10-5-6-11-31/h2-4,7-8,14,17-20,31H,1,5-6,9-13H2,(H,34,35)/t14?,17-,18-,19-,20?,24?/m0/s1. The molecule has 2 bridgehead atoms. The van der Waals surface area contributed by atoms with Gasteiger partial charge in [0.05, 0.1) is 23.5 Å². The molecule has 36 heavy (non-hydrogen) atoms. The molecule has 11 nitrogen and oxygen atoms in total. The van der Waals surface area contributed by atoms with Gasteiger partial charge in [-0.3, -0.25) is 14.4 Å². The molecule has 3 fully saturated rings. The summed E-state index contributed by atoms with van der Waals surface area (Å²) in [5, 5.41) is 27.6. The smallest absolute Gasteiger partial charge is 0.310 e. The maximum Gasteiger partial charge on any atom is 0.310 e. The van der Waals surface area contributed by atoms with Gasteiger partial charge in [-0.1, -0.05) is 39.4 Å². The second kappa shape index (κ2) is 9.56. The number of hydrogen-bond acceptors (Lipinski definition) is 7. The largest absolute Gasteiger partial charge is 0.481 e. The van der Waals surface area contributed by atoms with Crippen molar-refractivity contribution in [3.8, 4) is 0 Å². The number of carbonyl (C=O) groups excluding carboxylic acids is 2. The Labute approximate surface area is 215 Å². The lowest BCUT2D eigenvalue weighted by Gasteiger charge is -2.37. The average molecular weight is 562 g/mol. The molecule has 2 aromatic rings. The molecule has 192 valence electrons. The van der Waals surface area contributed by atoms with Gasteiger partial charge in [-0.2, -0.15) is 0 Å². The number of para-hydroxylation sites is 1. The Morgan fingerprint density at radius 1 is 1.33 bits per heavy atom. The number of benzene rings is 1. The minimum atomic E-state index is -1.25. The Morgan fingerprint density at radius 3 is 2.83 bits per heavy atom. The van der Waals surface area contributed by atoms with Crippen LogP contribution < -0.4 is 0 Å². The molecule has 0 aliphatic carbocycles. The number of ether oxygens (including phenoxy) is 1. The minimum absolute atomic E-state index is 0.0447. The van der Waals surface area contributed by atoms with E-state index in [-0.39, 0.29) is 43.0 Å². The van der Waals surface area contributed by atoms with Crippen LogP contribution in [-0.2, 0) is 25.8 Å². The summed E-state index contributed by atoms with van der Waals surface area (Å²) < 4.78 is 7.91. The fraction of sp³-hybridized carbons (Fsp3) is 0.542. The molecule has 6 atom stereocenters. The predicted octanol–water partition coefficient (Wildman–Crippen LogP) is 1.01. The van der Waals surface area contributed by atoms with E-state index in [1.807, 2.05) is 24.3 Å². The number of likely N-dealkylation sites (tertiary alicyclic amines) is 1. The molecule has 3 aliphatic heterocycles. The predicted molar refractivity (Wildman–Crippen MR) is 131 cm³/mol. The highest BCUT2D eigenvalue weighted by Crippen LogP contribution is 2.60. The molecule has 2 N–H and O–H groups in total. The Balaban J connectivity index is 1.52. The van der Waals surface area contributed by atoms with Gasteiger partial charge in [0.15, 0.2) is 0 Å². The molecule has 3 saturated heterocycles. The van der Waals surface area contributed by atoms with E-state index < -0.39 is 35.6 Å². The number of aromatic nitrogens is 3. The second-order valence-electron chi connectivity index (χ2n) is 9.53. The number of carboxylic acids is 1. The van der Waals surface area contributed by atoms with E-state index in [2.05, 4.69) is 32.8 Å². The second-order valence-corrected chi connectivity index (χ2v) is 10.7. The molecule has 0 saturated carbocycles. The van der Waals surface area contributed by atoms with Crippen molar-refractivity contribution in [3.05, 3.63) is 36.9 Å². The van der Waals surface area contributed by atoms with Crippen molar-refractivity contribution in [2.75, 3.05) is 19.7 Å². The van der Waals surface area contributed by atoms with Crippen LogP contribution in [-0.4, -0.2) is 95.1 Å². The number of aliphatic carboxylic acids is 1. The van der Waals surface area contributed by atoms with Crippen molar-refractivity contribution in [1.29, 1.82) is 0 Å².